The van der Waals surface area contributed by atoms with E-state index in [1.807, 2.05) is 18.2 Å². The highest BCUT2D eigenvalue weighted by atomic mass is 19.4. The van der Waals surface area contributed by atoms with Crippen molar-refractivity contribution in [3.05, 3.63) is 71.2 Å². The first-order chi connectivity index (χ1) is 18.0. The SMILES string of the molecule is CN1C(=O)N(C2=CCC=CC=C2)C2(CCCN(C(=O)CNC(=O)c3cc(C(F)(F)F)ccc3F)CC2)C1=O. The molecule has 0 bridgehead atoms. The highest BCUT2D eigenvalue weighted by Gasteiger charge is 2.57. The number of imide groups is 1. The predicted molar refractivity (Wildman–Crippen MR) is 128 cm³/mol. The summed E-state index contributed by atoms with van der Waals surface area (Å²) in [5.74, 6) is -3.21. The van der Waals surface area contributed by atoms with Crippen molar-refractivity contribution in [1.29, 1.82) is 0 Å². The van der Waals surface area contributed by atoms with E-state index in [0.717, 1.165) is 4.90 Å². The maximum Gasteiger partial charge on any atom is 0.416 e. The molecule has 12 heteroatoms. The molecule has 1 aromatic carbocycles. The minimum atomic E-state index is -4.76. The van der Waals surface area contributed by atoms with Gasteiger partial charge < -0.3 is 10.2 Å². The summed E-state index contributed by atoms with van der Waals surface area (Å²) in [5.41, 5.74) is -2.60. The minimum Gasteiger partial charge on any atom is -0.343 e. The van der Waals surface area contributed by atoms with E-state index in [1.165, 1.54) is 16.8 Å². The Hall–Kier alpha value is -3.96. The Bertz CT molecular complexity index is 1260. The number of nitrogens with one attached hydrogen (secondary N) is 1. The van der Waals surface area contributed by atoms with Gasteiger partial charge >= 0.3 is 12.2 Å². The van der Waals surface area contributed by atoms with Crippen LogP contribution in [0.1, 0.15) is 41.6 Å². The molecule has 0 radical (unpaired) electrons. The van der Waals surface area contributed by atoms with Gasteiger partial charge in [-0.3, -0.25) is 24.2 Å². The molecule has 2 heterocycles. The fourth-order valence-corrected chi connectivity index (χ4v) is 4.96. The number of alkyl halides is 3. The smallest absolute Gasteiger partial charge is 0.343 e. The van der Waals surface area contributed by atoms with Gasteiger partial charge in [0.2, 0.25) is 5.91 Å². The number of nitrogens with zero attached hydrogens (tertiary/aromatic N) is 3. The number of halogens is 4. The summed E-state index contributed by atoms with van der Waals surface area (Å²) in [6, 6.07) is 1.01. The molecule has 2 saturated heterocycles. The van der Waals surface area contributed by atoms with Gasteiger partial charge in [-0.15, -0.1) is 0 Å². The molecule has 1 aliphatic carbocycles. The minimum absolute atomic E-state index is 0.102. The zero-order valence-electron chi connectivity index (χ0n) is 20.6. The lowest BCUT2D eigenvalue weighted by molar-refractivity contribution is -0.137. The predicted octanol–water partition coefficient (Wildman–Crippen LogP) is 3.62. The molecule has 8 nitrogen and oxygen atoms in total. The number of urea groups is 1. The van der Waals surface area contributed by atoms with Crippen molar-refractivity contribution in [2.75, 3.05) is 26.7 Å². The first kappa shape index (κ1) is 27.1. The first-order valence-electron chi connectivity index (χ1n) is 12.0. The molecule has 3 aliphatic rings. The Morgan fingerprint density at radius 2 is 1.87 bits per heavy atom. The van der Waals surface area contributed by atoms with E-state index in [-0.39, 0.29) is 25.4 Å². The van der Waals surface area contributed by atoms with Gasteiger partial charge in [0.25, 0.3) is 11.8 Å². The maximum atomic E-state index is 14.0. The summed E-state index contributed by atoms with van der Waals surface area (Å²) in [7, 11) is 1.42. The van der Waals surface area contributed by atoms with Crippen molar-refractivity contribution in [3.8, 4) is 0 Å². The van der Waals surface area contributed by atoms with E-state index >= 15 is 0 Å². The van der Waals surface area contributed by atoms with Crippen LogP contribution in [0.2, 0.25) is 0 Å². The number of rotatable bonds is 4. The second-order valence-electron chi connectivity index (χ2n) is 9.28. The lowest BCUT2D eigenvalue weighted by atomic mass is 9.88. The summed E-state index contributed by atoms with van der Waals surface area (Å²) < 4.78 is 52.9. The van der Waals surface area contributed by atoms with Gasteiger partial charge in [0.05, 0.1) is 17.7 Å². The number of allylic oxidation sites excluding steroid dienone is 5. The molecule has 1 atom stereocenters. The lowest BCUT2D eigenvalue weighted by Crippen LogP contribution is -2.50. The normalized spacial score (nSPS) is 22.0. The average molecular weight is 535 g/mol. The van der Waals surface area contributed by atoms with Gasteiger partial charge in [-0.2, -0.15) is 13.2 Å². The van der Waals surface area contributed by atoms with E-state index in [9.17, 15) is 36.7 Å². The van der Waals surface area contributed by atoms with Gasteiger partial charge in [-0.05, 0) is 50.0 Å². The van der Waals surface area contributed by atoms with Crippen LogP contribution in [-0.4, -0.2) is 70.7 Å². The third kappa shape index (κ3) is 5.07. The Morgan fingerprint density at radius 1 is 1.11 bits per heavy atom. The van der Waals surface area contributed by atoms with Crippen molar-refractivity contribution in [3.63, 3.8) is 0 Å². The summed E-state index contributed by atoms with van der Waals surface area (Å²) >= 11 is 0. The van der Waals surface area contributed by atoms with Gasteiger partial charge in [-0.25, -0.2) is 9.18 Å². The molecule has 0 aromatic heterocycles. The second-order valence-corrected chi connectivity index (χ2v) is 9.28. The van der Waals surface area contributed by atoms with E-state index < -0.39 is 53.0 Å². The second kappa shape index (κ2) is 10.4. The van der Waals surface area contributed by atoms with Crippen LogP contribution in [0.3, 0.4) is 0 Å². The van der Waals surface area contributed by atoms with Gasteiger partial charge in [0.1, 0.15) is 11.4 Å². The molecule has 5 amide bonds. The zero-order chi connectivity index (χ0) is 27.7. The summed E-state index contributed by atoms with van der Waals surface area (Å²) in [4.78, 5) is 55.6. The molecule has 1 unspecified atom stereocenters. The zero-order valence-corrected chi connectivity index (χ0v) is 20.6. The van der Waals surface area contributed by atoms with Crippen LogP contribution >= 0.6 is 0 Å². The topological polar surface area (TPSA) is 90.0 Å². The van der Waals surface area contributed by atoms with E-state index in [4.69, 9.17) is 0 Å². The van der Waals surface area contributed by atoms with Crippen molar-refractivity contribution in [2.45, 2.75) is 37.4 Å². The molecule has 1 N–H and O–H groups in total. The van der Waals surface area contributed by atoms with Crippen molar-refractivity contribution >= 4 is 23.8 Å². The van der Waals surface area contributed by atoms with Crippen LogP contribution in [0.4, 0.5) is 22.4 Å². The monoisotopic (exact) mass is 534 g/mol. The quantitative estimate of drug-likeness (QED) is 0.472. The Morgan fingerprint density at radius 3 is 2.61 bits per heavy atom. The summed E-state index contributed by atoms with van der Waals surface area (Å²) in [5, 5.41) is 2.18. The highest BCUT2D eigenvalue weighted by molar-refractivity contribution is 6.08. The molecule has 2 fully saturated rings. The van der Waals surface area contributed by atoms with Crippen molar-refractivity contribution in [1.82, 2.24) is 20.0 Å². The van der Waals surface area contributed by atoms with Crippen LogP contribution in [0.15, 0.2) is 54.3 Å². The van der Waals surface area contributed by atoms with E-state index in [0.29, 0.717) is 43.2 Å². The van der Waals surface area contributed by atoms with Gasteiger partial charge in [-0.1, -0.05) is 24.3 Å². The molecular weight excluding hydrogens is 508 g/mol. The molecule has 2 aliphatic heterocycles. The Kier molecular flexibility index (Phi) is 7.43. The fraction of sp³-hybridized carbons (Fsp3) is 0.385. The highest BCUT2D eigenvalue weighted by Crippen LogP contribution is 2.40. The van der Waals surface area contributed by atoms with Crippen LogP contribution < -0.4 is 5.32 Å². The van der Waals surface area contributed by atoms with Gasteiger partial charge in [0, 0.05) is 25.8 Å². The first-order valence-corrected chi connectivity index (χ1v) is 12.0. The summed E-state index contributed by atoms with van der Waals surface area (Å²) in [6.07, 6.45) is 5.82. The van der Waals surface area contributed by atoms with Crippen LogP contribution in [0, 0.1) is 5.82 Å². The van der Waals surface area contributed by atoms with Crippen molar-refractivity contribution in [2.24, 2.45) is 0 Å². The third-order valence-corrected chi connectivity index (χ3v) is 6.95. The number of amides is 5. The molecule has 202 valence electrons. The molecule has 1 aromatic rings. The Labute approximate surface area is 216 Å². The Balaban J connectivity index is 1.45. The lowest BCUT2D eigenvalue weighted by Gasteiger charge is -2.35. The van der Waals surface area contributed by atoms with E-state index in [2.05, 4.69) is 5.32 Å². The number of likely N-dealkylation sites (tertiary alicyclic amines) is 1. The van der Waals surface area contributed by atoms with Crippen LogP contribution in [-0.2, 0) is 15.8 Å². The molecular formula is C26H26F4N4O4. The molecule has 1 spiro atoms. The number of likely N-dealkylation sites (N-methyl/N-ethyl adjacent to an activating group) is 1. The van der Waals surface area contributed by atoms with Gasteiger partial charge in [0.15, 0.2) is 0 Å². The van der Waals surface area contributed by atoms with Crippen molar-refractivity contribution < 1.29 is 36.7 Å². The number of hydrogen-bond donors (Lipinski definition) is 1. The largest absolute Gasteiger partial charge is 0.416 e. The third-order valence-electron chi connectivity index (χ3n) is 6.95. The standard InChI is InChI=1S/C26H26F4N4O4/c1-32-23(37)25(34(24(32)38)18-7-4-2-3-5-8-18)11-6-13-33(14-12-25)21(35)16-31-22(36)19-15-17(26(28,29)30)9-10-20(19)27/h2-4,7-10,15H,5-6,11-14,16H2,1H3,(H,31,36). The number of hydrogen-bond acceptors (Lipinski definition) is 4. The molecule has 0 saturated carbocycles. The van der Waals surface area contributed by atoms with E-state index in [1.54, 1.807) is 12.2 Å². The maximum absolute atomic E-state index is 14.0. The molecule has 38 heavy (non-hydrogen) atoms. The number of carbonyl (C=O) groups excluding carboxylic acids is 4. The number of benzene rings is 1. The van der Waals surface area contributed by atoms with Crippen LogP contribution in [0.25, 0.3) is 0 Å². The fourth-order valence-electron chi connectivity index (χ4n) is 4.96. The summed E-state index contributed by atoms with van der Waals surface area (Å²) in [6.45, 7) is -0.230. The average Bonchev–Trinajstić information content (AvgIpc) is 3.19. The van der Waals surface area contributed by atoms with Crippen LogP contribution in [0.5, 0.6) is 0 Å². The molecule has 4 rings (SSSR count). The number of carbonyl (C=O) groups is 4.